The van der Waals surface area contributed by atoms with Gasteiger partial charge in [-0.25, -0.2) is 4.98 Å². The van der Waals surface area contributed by atoms with Crippen LogP contribution in [0.1, 0.15) is 48.9 Å². The van der Waals surface area contributed by atoms with Gasteiger partial charge in [0.15, 0.2) is 5.82 Å². The fourth-order valence-corrected chi connectivity index (χ4v) is 5.71. The Morgan fingerprint density at radius 3 is 2.47 bits per heavy atom. The van der Waals surface area contributed by atoms with E-state index >= 15 is 0 Å². The fourth-order valence-electron chi connectivity index (χ4n) is 5.51. The monoisotopic (exact) mass is 588 g/mol. The average molecular weight is 589 g/mol. The van der Waals surface area contributed by atoms with E-state index in [0.29, 0.717) is 29.9 Å². The van der Waals surface area contributed by atoms with Gasteiger partial charge in [0.25, 0.3) is 5.56 Å². The summed E-state index contributed by atoms with van der Waals surface area (Å²) in [4.78, 5) is 18.9. The number of halogens is 1. The first-order chi connectivity index (χ1) is 20.9. The highest BCUT2D eigenvalue weighted by atomic mass is 35.5. The van der Waals surface area contributed by atoms with Crippen molar-refractivity contribution >= 4 is 39.6 Å². The van der Waals surface area contributed by atoms with E-state index in [-0.39, 0.29) is 11.5 Å². The lowest BCUT2D eigenvalue weighted by atomic mass is 9.96. The number of hydrogen-bond donors (Lipinski definition) is 0. The smallest absolute Gasteiger partial charge is 0.282 e. The van der Waals surface area contributed by atoms with Gasteiger partial charge in [0.2, 0.25) is 0 Å². The maximum atomic E-state index is 14.0. The minimum Gasteiger partial charge on any atom is -0.494 e. The second-order valence-corrected chi connectivity index (χ2v) is 11.3. The molecule has 0 unspecified atom stereocenters. The standard InChI is InChI=1S/C36H33ClN4O2/c1-5-43-34-18-24(4)30(19-29(34)23(2)3)35-39-32-16-10-7-14-28(32)36(42)41(35)38-20-26-22-40(33-17-11-8-13-27(26)33)21-25-12-6-9-15-31(25)37/h6-20,22-23H,5,21H2,1-4H3. The average Bonchev–Trinajstić information content (AvgIpc) is 3.35. The molecular weight excluding hydrogens is 556 g/mol. The molecule has 0 bridgehead atoms. The lowest BCUT2D eigenvalue weighted by Gasteiger charge is -2.18. The summed E-state index contributed by atoms with van der Waals surface area (Å²) in [5, 5.41) is 7.07. The highest BCUT2D eigenvalue weighted by Crippen LogP contribution is 2.34. The molecule has 0 radical (unpaired) electrons. The second kappa shape index (κ2) is 11.9. The van der Waals surface area contributed by atoms with E-state index in [4.69, 9.17) is 26.4 Å². The molecule has 7 heteroatoms. The third-order valence-corrected chi connectivity index (χ3v) is 8.07. The Balaban J connectivity index is 1.52. The number of para-hydroxylation sites is 2. The van der Waals surface area contributed by atoms with Gasteiger partial charge in [-0.2, -0.15) is 9.78 Å². The van der Waals surface area contributed by atoms with Gasteiger partial charge in [0.05, 0.1) is 23.7 Å². The van der Waals surface area contributed by atoms with Gasteiger partial charge < -0.3 is 9.30 Å². The van der Waals surface area contributed by atoms with Crippen molar-refractivity contribution in [3.8, 4) is 17.1 Å². The normalized spacial score (nSPS) is 11.8. The van der Waals surface area contributed by atoms with Crippen molar-refractivity contribution in [2.75, 3.05) is 6.61 Å². The van der Waals surface area contributed by atoms with Gasteiger partial charge in [-0.3, -0.25) is 4.79 Å². The van der Waals surface area contributed by atoms with Gasteiger partial charge in [-0.1, -0.05) is 74.0 Å². The topological polar surface area (TPSA) is 61.4 Å². The maximum Gasteiger partial charge on any atom is 0.282 e. The van der Waals surface area contributed by atoms with Gasteiger partial charge >= 0.3 is 0 Å². The number of aromatic nitrogens is 3. The predicted octanol–water partition coefficient (Wildman–Crippen LogP) is 8.43. The molecule has 43 heavy (non-hydrogen) atoms. The maximum absolute atomic E-state index is 14.0. The first-order valence-corrected chi connectivity index (χ1v) is 14.9. The van der Waals surface area contributed by atoms with E-state index in [1.165, 1.54) is 4.68 Å². The van der Waals surface area contributed by atoms with Crippen molar-refractivity contribution in [1.82, 2.24) is 14.2 Å². The van der Waals surface area contributed by atoms with Crippen LogP contribution in [0.2, 0.25) is 5.02 Å². The third-order valence-electron chi connectivity index (χ3n) is 7.70. The van der Waals surface area contributed by atoms with Crippen LogP contribution in [0.5, 0.6) is 5.75 Å². The quantitative estimate of drug-likeness (QED) is 0.168. The summed E-state index contributed by atoms with van der Waals surface area (Å²) in [6.45, 7) is 9.45. The first-order valence-electron chi connectivity index (χ1n) is 14.5. The number of rotatable bonds is 8. The van der Waals surface area contributed by atoms with Gasteiger partial charge in [0, 0.05) is 39.8 Å². The molecule has 4 aromatic carbocycles. The molecule has 216 valence electrons. The zero-order valence-corrected chi connectivity index (χ0v) is 25.5. The summed E-state index contributed by atoms with van der Waals surface area (Å²) in [6.07, 6.45) is 3.80. The van der Waals surface area contributed by atoms with Crippen LogP contribution in [0, 0.1) is 6.92 Å². The lowest BCUT2D eigenvalue weighted by Crippen LogP contribution is -2.20. The van der Waals surface area contributed by atoms with Crippen molar-refractivity contribution in [2.24, 2.45) is 5.10 Å². The summed E-state index contributed by atoms with van der Waals surface area (Å²) in [5.74, 6) is 1.56. The van der Waals surface area contributed by atoms with Crippen molar-refractivity contribution in [2.45, 2.75) is 40.2 Å². The van der Waals surface area contributed by atoms with Crippen LogP contribution in [0.15, 0.2) is 101 Å². The van der Waals surface area contributed by atoms with E-state index in [2.05, 4.69) is 42.8 Å². The molecule has 0 aliphatic carbocycles. The van der Waals surface area contributed by atoms with Crippen LogP contribution in [-0.2, 0) is 6.54 Å². The Labute approximate surface area is 255 Å². The molecule has 0 N–H and O–H groups in total. The van der Waals surface area contributed by atoms with Crippen LogP contribution < -0.4 is 10.3 Å². The molecule has 6 rings (SSSR count). The Bertz CT molecular complexity index is 2060. The van der Waals surface area contributed by atoms with Crippen molar-refractivity contribution in [3.05, 3.63) is 129 Å². The van der Waals surface area contributed by atoms with Crippen LogP contribution >= 0.6 is 11.6 Å². The van der Waals surface area contributed by atoms with E-state index < -0.39 is 0 Å². The summed E-state index contributed by atoms with van der Waals surface area (Å²) in [7, 11) is 0. The first kappa shape index (κ1) is 28.4. The predicted molar refractivity (Wildman–Crippen MR) is 177 cm³/mol. The largest absolute Gasteiger partial charge is 0.494 e. The van der Waals surface area contributed by atoms with E-state index in [0.717, 1.165) is 49.5 Å². The number of ether oxygens (including phenoxy) is 1. The molecule has 0 saturated carbocycles. The van der Waals surface area contributed by atoms with Crippen molar-refractivity contribution in [3.63, 3.8) is 0 Å². The Morgan fingerprint density at radius 1 is 0.977 bits per heavy atom. The zero-order chi connectivity index (χ0) is 30.1. The van der Waals surface area contributed by atoms with E-state index in [9.17, 15) is 4.79 Å². The molecule has 0 aliphatic heterocycles. The number of fused-ring (bicyclic) bond motifs is 2. The van der Waals surface area contributed by atoms with Gasteiger partial charge in [-0.05, 0) is 72.9 Å². The summed E-state index contributed by atoms with van der Waals surface area (Å²) >= 11 is 6.49. The second-order valence-electron chi connectivity index (χ2n) is 10.9. The van der Waals surface area contributed by atoms with E-state index in [1.54, 1.807) is 12.3 Å². The Morgan fingerprint density at radius 2 is 1.70 bits per heavy atom. The van der Waals surface area contributed by atoms with Crippen molar-refractivity contribution < 1.29 is 4.74 Å². The summed E-state index contributed by atoms with van der Waals surface area (Å²) in [5.41, 5.74) is 6.22. The zero-order valence-electron chi connectivity index (χ0n) is 24.7. The SMILES string of the molecule is CCOc1cc(C)c(-c2nc3ccccc3c(=O)n2N=Cc2cn(Cc3ccccc3Cl)c3ccccc23)cc1C(C)C. The molecule has 2 heterocycles. The molecule has 0 atom stereocenters. The molecule has 0 fully saturated rings. The fraction of sp³-hybridized carbons (Fsp3) is 0.194. The molecular formula is C36H33ClN4O2. The lowest BCUT2D eigenvalue weighted by molar-refractivity contribution is 0.335. The summed E-state index contributed by atoms with van der Waals surface area (Å²) < 4.78 is 9.55. The minimum absolute atomic E-state index is 0.217. The Hall–Kier alpha value is -4.68. The van der Waals surface area contributed by atoms with Crippen LogP contribution in [-0.4, -0.2) is 27.0 Å². The van der Waals surface area contributed by atoms with Crippen LogP contribution in [0.25, 0.3) is 33.2 Å². The molecule has 0 saturated heterocycles. The van der Waals surface area contributed by atoms with E-state index in [1.807, 2.05) is 74.5 Å². The van der Waals surface area contributed by atoms with Crippen LogP contribution in [0.4, 0.5) is 0 Å². The van der Waals surface area contributed by atoms with Crippen molar-refractivity contribution in [1.29, 1.82) is 0 Å². The van der Waals surface area contributed by atoms with Gasteiger partial charge in [0.1, 0.15) is 5.75 Å². The number of hydrogen-bond acceptors (Lipinski definition) is 4. The van der Waals surface area contributed by atoms with Gasteiger partial charge in [-0.15, -0.1) is 0 Å². The number of aryl methyl sites for hydroxylation is 1. The summed E-state index contributed by atoms with van der Waals surface area (Å²) in [6, 6.07) is 27.5. The molecule has 0 aliphatic rings. The molecule has 0 amide bonds. The molecule has 2 aromatic heterocycles. The molecule has 6 nitrogen and oxygen atoms in total. The molecule has 0 spiro atoms. The third kappa shape index (κ3) is 5.46. The minimum atomic E-state index is -0.226. The highest BCUT2D eigenvalue weighted by Gasteiger charge is 2.19. The number of benzene rings is 4. The van der Waals surface area contributed by atoms with Crippen LogP contribution in [0.3, 0.4) is 0 Å². The Kier molecular flexibility index (Phi) is 7.87. The number of nitrogens with zero attached hydrogens (tertiary/aromatic N) is 4. The molecule has 6 aromatic rings. The highest BCUT2D eigenvalue weighted by molar-refractivity contribution is 6.31.